The van der Waals surface area contributed by atoms with Crippen LogP contribution in [-0.2, 0) is 16.0 Å². The van der Waals surface area contributed by atoms with E-state index in [0.717, 1.165) is 36.0 Å². The summed E-state index contributed by atoms with van der Waals surface area (Å²) in [5.74, 6) is -0.532. The second-order valence-electron chi connectivity index (χ2n) is 8.10. The molecule has 172 valence electrons. The van der Waals surface area contributed by atoms with Gasteiger partial charge in [-0.25, -0.2) is 5.48 Å². The number of nitrogens with zero attached hydrogens (tertiary/aromatic N) is 1. The van der Waals surface area contributed by atoms with Crippen LogP contribution in [0.15, 0.2) is 42.5 Å². The summed E-state index contributed by atoms with van der Waals surface area (Å²) in [5, 5.41) is 11.4. The fourth-order valence-electron chi connectivity index (χ4n) is 3.56. The summed E-state index contributed by atoms with van der Waals surface area (Å²) < 4.78 is 0. The number of carbonyl (C=O) groups is 3. The predicted molar refractivity (Wildman–Crippen MR) is 125 cm³/mol. The average Bonchev–Trinajstić information content (AvgIpc) is 2.78. The van der Waals surface area contributed by atoms with Crippen LogP contribution < -0.4 is 10.8 Å². The Balaban J connectivity index is 1.79. The number of hydrogen-bond donors (Lipinski definition) is 3. The minimum Gasteiger partial charge on any atom is -0.342 e. The van der Waals surface area contributed by atoms with Crippen LogP contribution in [0, 0.1) is 13.8 Å². The second-order valence-corrected chi connectivity index (χ2v) is 8.10. The van der Waals surface area contributed by atoms with E-state index in [9.17, 15) is 14.4 Å². The van der Waals surface area contributed by atoms with Crippen molar-refractivity contribution in [2.24, 2.45) is 0 Å². The zero-order valence-corrected chi connectivity index (χ0v) is 19.1. The van der Waals surface area contributed by atoms with Crippen molar-refractivity contribution in [3.63, 3.8) is 0 Å². The first-order chi connectivity index (χ1) is 15.3. The molecule has 2 aromatic carbocycles. The summed E-state index contributed by atoms with van der Waals surface area (Å²) in [4.78, 5) is 37.7. The Morgan fingerprint density at radius 1 is 0.875 bits per heavy atom. The number of nitrogens with one attached hydrogen (secondary N) is 2. The maximum atomic E-state index is 12.6. The molecule has 0 aliphatic carbocycles. The number of aryl methyl sites for hydroxylation is 2. The van der Waals surface area contributed by atoms with Crippen molar-refractivity contribution in [3.05, 3.63) is 64.7 Å². The smallest absolute Gasteiger partial charge is 0.253 e. The minimum atomic E-state index is -0.373. The van der Waals surface area contributed by atoms with Crippen molar-refractivity contribution >= 4 is 23.4 Å². The van der Waals surface area contributed by atoms with Crippen molar-refractivity contribution in [2.75, 3.05) is 18.9 Å². The number of amides is 3. The van der Waals surface area contributed by atoms with Gasteiger partial charge in [0, 0.05) is 31.3 Å². The summed E-state index contributed by atoms with van der Waals surface area (Å²) in [6, 6.07) is 12.9. The first-order valence-electron chi connectivity index (χ1n) is 10.9. The van der Waals surface area contributed by atoms with Crippen LogP contribution in [0.3, 0.4) is 0 Å². The van der Waals surface area contributed by atoms with Crippen molar-refractivity contribution in [2.45, 2.75) is 52.4 Å². The number of unbranched alkanes of at least 4 members (excludes halogenated alkanes) is 3. The molecule has 0 aromatic heterocycles. The van der Waals surface area contributed by atoms with E-state index in [1.165, 1.54) is 0 Å². The molecule has 2 aromatic rings. The summed E-state index contributed by atoms with van der Waals surface area (Å²) in [6.45, 7) is 4.63. The molecule has 0 fully saturated rings. The molecule has 0 saturated heterocycles. The lowest BCUT2D eigenvalue weighted by atomic mass is 10.00. The van der Waals surface area contributed by atoms with E-state index in [1.807, 2.05) is 32.0 Å². The molecule has 0 unspecified atom stereocenters. The Hall–Kier alpha value is -3.19. The van der Waals surface area contributed by atoms with Gasteiger partial charge in [0.15, 0.2) is 0 Å². The zero-order chi connectivity index (χ0) is 23.5. The first-order valence-corrected chi connectivity index (χ1v) is 10.9. The topological polar surface area (TPSA) is 98.7 Å². The molecule has 32 heavy (non-hydrogen) atoms. The van der Waals surface area contributed by atoms with Gasteiger partial charge in [-0.1, -0.05) is 31.0 Å². The van der Waals surface area contributed by atoms with Crippen LogP contribution in [0.4, 0.5) is 5.69 Å². The van der Waals surface area contributed by atoms with Gasteiger partial charge in [0.25, 0.3) is 5.91 Å². The van der Waals surface area contributed by atoms with E-state index in [-0.39, 0.29) is 17.7 Å². The quantitative estimate of drug-likeness (QED) is 0.280. The van der Waals surface area contributed by atoms with Gasteiger partial charge in [-0.15, -0.1) is 0 Å². The summed E-state index contributed by atoms with van der Waals surface area (Å²) in [6.07, 6.45) is 3.94. The van der Waals surface area contributed by atoms with Crippen LogP contribution in [0.2, 0.25) is 0 Å². The molecule has 3 amide bonds. The van der Waals surface area contributed by atoms with E-state index in [4.69, 9.17) is 5.21 Å². The number of benzene rings is 2. The van der Waals surface area contributed by atoms with Gasteiger partial charge in [0.2, 0.25) is 11.8 Å². The number of rotatable bonds is 11. The molecular weight excluding hydrogens is 406 g/mol. The van der Waals surface area contributed by atoms with Crippen molar-refractivity contribution in [1.82, 2.24) is 10.4 Å². The largest absolute Gasteiger partial charge is 0.342 e. The zero-order valence-electron chi connectivity index (χ0n) is 19.1. The van der Waals surface area contributed by atoms with Gasteiger partial charge in [-0.2, -0.15) is 0 Å². The highest BCUT2D eigenvalue weighted by Crippen LogP contribution is 2.16. The first kappa shape index (κ1) is 25.1. The molecule has 0 aliphatic rings. The van der Waals surface area contributed by atoms with Crippen LogP contribution >= 0.6 is 0 Å². The second kappa shape index (κ2) is 12.6. The van der Waals surface area contributed by atoms with Crippen LogP contribution in [-0.4, -0.2) is 41.4 Å². The van der Waals surface area contributed by atoms with E-state index < -0.39 is 0 Å². The van der Waals surface area contributed by atoms with Crippen molar-refractivity contribution < 1.29 is 19.6 Å². The Morgan fingerprint density at radius 2 is 1.50 bits per heavy atom. The molecule has 0 radical (unpaired) electrons. The molecule has 3 N–H and O–H groups in total. The third-order valence-electron chi connectivity index (χ3n) is 5.52. The predicted octanol–water partition coefficient (Wildman–Crippen LogP) is 4.01. The lowest BCUT2D eigenvalue weighted by molar-refractivity contribution is -0.129. The van der Waals surface area contributed by atoms with E-state index in [0.29, 0.717) is 37.1 Å². The molecule has 7 nitrogen and oxygen atoms in total. The van der Waals surface area contributed by atoms with E-state index in [1.54, 1.807) is 41.7 Å². The van der Waals surface area contributed by atoms with Gasteiger partial charge >= 0.3 is 0 Å². The molecule has 7 heteroatoms. The van der Waals surface area contributed by atoms with Crippen LogP contribution in [0.25, 0.3) is 0 Å². The standard InChI is InChI=1S/C25H33N3O4/c1-18-9-8-10-19(2)22(18)17-24(30)26-21-14-12-20(13-15-21)25(31)28(3)16-7-5-4-6-11-23(29)27-32/h8-10,12-15,32H,4-7,11,16-17H2,1-3H3,(H,26,30)(H,27,29). The Bertz CT molecular complexity index is 905. The van der Waals surface area contributed by atoms with Gasteiger partial charge in [0.1, 0.15) is 0 Å². The molecule has 0 aliphatic heterocycles. The Morgan fingerprint density at radius 3 is 2.12 bits per heavy atom. The monoisotopic (exact) mass is 439 g/mol. The number of hydrogen-bond acceptors (Lipinski definition) is 4. The van der Waals surface area contributed by atoms with Gasteiger partial charge in [-0.3, -0.25) is 19.6 Å². The molecule has 0 saturated carbocycles. The summed E-state index contributed by atoms with van der Waals surface area (Å²) in [5.41, 5.74) is 6.08. The molecule has 0 spiro atoms. The fraction of sp³-hybridized carbons (Fsp3) is 0.400. The highest BCUT2D eigenvalue weighted by atomic mass is 16.5. The highest BCUT2D eigenvalue weighted by molar-refractivity contribution is 5.96. The molecule has 0 bridgehead atoms. The highest BCUT2D eigenvalue weighted by Gasteiger charge is 2.13. The van der Waals surface area contributed by atoms with Gasteiger partial charge in [-0.05, 0) is 67.6 Å². The van der Waals surface area contributed by atoms with Crippen molar-refractivity contribution in [1.29, 1.82) is 0 Å². The lowest BCUT2D eigenvalue weighted by Gasteiger charge is -2.17. The Kier molecular flexibility index (Phi) is 9.88. The Labute approximate surface area is 189 Å². The normalized spacial score (nSPS) is 10.5. The molecule has 0 heterocycles. The maximum Gasteiger partial charge on any atom is 0.253 e. The van der Waals surface area contributed by atoms with Gasteiger partial charge < -0.3 is 10.2 Å². The molecule has 2 rings (SSSR count). The van der Waals surface area contributed by atoms with E-state index in [2.05, 4.69) is 5.32 Å². The maximum absolute atomic E-state index is 12.6. The fourth-order valence-corrected chi connectivity index (χ4v) is 3.56. The molecular formula is C25H33N3O4. The van der Waals surface area contributed by atoms with Crippen molar-refractivity contribution in [3.8, 4) is 0 Å². The third-order valence-corrected chi connectivity index (χ3v) is 5.52. The third kappa shape index (κ3) is 7.81. The number of hydroxylamine groups is 1. The molecule has 0 atom stereocenters. The van der Waals surface area contributed by atoms with Crippen LogP contribution in [0.5, 0.6) is 0 Å². The van der Waals surface area contributed by atoms with E-state index >= 15 is 0 Å². The van der Waals surface area contributed by atoms with Crippen LogP contribution in [0.1, 0.15) is 59.2 Å². The SMILES string of the molecule is Cc1cccc(C)c1CC(=O)Nc1ccc(C(=O)N(C)CCCCCCC(=O)NO)cc1. The average molecular weight is 440 g/mol. The summed E-state index contributed by atoms with van der Waals surface area (Å²) >= 11 is 0. The summed E-state index contributed by atoms with van der Waals surface area (Å²) in [7, 11) is 1.77. The minimum absolute atomic E-state index is 0.0712. The lowest BCUT2D eigenvalue weighted by Crippen LogP contribution is -2.27. The number of carbonyl (C=O) groups excluding carboxylic acids is 3. The van der Waals surface area contributed by atoms with Gasteiger partial charge in [0.05, 0.1) is 6.42 Å². The number of anilines is 1.